The Bertz CT molecular complexity index is 840. The smallest absolute Gasteiger partial charge is 0.238 e. The van der Waals surface area contributed by atoms with Crippen molar-refractivity contribution in [1.29, 1.82) is 0 Å². The molecular formula is C16H23N5O2S2. The van der Waals surface area contributed by atoms with Crippen LogP contribution in [-0.4, -0.2) is 25.9 Å². The van der Waals surface area contributed by atoms with Gasteiger partial charge in [0, 0.05) is 11.4 Å². The minimum Gasteiger partial charge on any atom is -0.357 e. The van der Waals surface area contributed by atoms with Gasteiger partial charge in [-0.3, -0.25) is 0 Å². The van der Waals surface area contributed by atoms with Crippen LogP contribution in [0.25, 0.3) is 0 Å². The van der Waals surface area contributed by atoms with Gasteiger partial charge >= 0.3 is 0 Å². The lowest BCUT2D eigenvalue weighted by Crippen LogP contribution is -2.36. The number of hydrogen-bond donors (Lipinski definition) is 3. The minimum atomic E-state index is -3.71. The molecule has 0 aliphatic heterocycles. The molecule has 7 nitrogen and oxygen atoms in total. The van der Waals surface area contributed by atoms with E-state index >= 15 is 0 Å². The molecular weight excluding hydrogens is 358 g/mol. The molecule has 4 N–H and O–H groups in total. The van der Waals surface area contributed by atoms with Crippen LogP contribution in [-0.2, 0) is 23.1 Å². The van der Waals surface area contributed by atoms with Crippen LogP contribution in [0.1, 0.15) is 28.1 Å². The first kappa shape index (κ1) is 19.4. The summed E-state index contributed by atoms with van der Waals surface area (Å²) in [5.41, 5.74) is 1.81. The maximum atomic E-state index is 11.4. The lowest BCUT2D eigenvalue weighted by atomic mass is 10.2. The van der Waals surface area contributed by atoms with Gasteiger partial charge in [0.05, 0.1) is 23.7 Å². The Kier molecular flexibility index (Phi) is 6.51. The number of rotatable bonds is 6. The van der Waals surface area contributed by atoms with Crippen LogP contribution in [0.2, 0.25) is 0 Å². The highest BCUT2D eigenvalue weighted by atomic mass is 32.2. The summed E-state index contributed by atoms with van der Waals surface area (Å²) in [6.45, 7) is 7.67. The van der Waals surface area contributed by atoms with E-state index in [2.05, 4.69) is 20.6 Å². The molecule has 1 aromatic heterocycles. The molecule has 0 radical (unpaired) electrons. The summed E-state index contributed by atoms with van der Waals surface area (Å²) in [4.78, 5) is 10.3. The zero-order valence-corrected chi connectivity index (χ0v) is 16.2. The Morgan fingerprint density at radius 1 is 1.32 bits per heavy atom. The average molecular weight is 382 g/mol. The number of aromatic nitrogens is 1. The molecule has 0 saturated heterocycles. The first-order valence-electron chi connectivity index (χ1n) is 7.86. The molecule has 1 heterocycles. The first-order chi connectivity index (χ1) is 11.8. The maximum Gasteiger partial charge on any atom is 0.238 e. The van der Waals surface area contributed by atoms with Crippen LogP contribution in [0, 0.1) is 13.8 Å². The van der Waals surface area contributed by atoms with Crippen LogP contribution in [0.5, 0.6) is 0 Å². The van der Waals surface area contributed by atoms with Gasteiger partial charge in [0.1, 0.15) is 5.01 Å². The monoisotopic (exact) mass is 381 g/mol. The topological polar surface area (TPSA) is 109 Å². The number of nitrogens with two attached hydrogens (primary N) is 1. The number of sulfonamides is 1. The van der Waals surface area contributed by atoms with E-state index in [9.17, 15) is 8.42 Å². The first-order valence-corrected chi connectivity index (χ1v) is 10.2. The van der Waals surface area contributed by atoms with Crippen molar-refractivity contribution >= 4 is 27.3 Å². The molecule has 1 aromatic carbocycles. The molecule has 2 aromatic rings. The number of nitrogens with zero attached hydrogens (tertiary/aromatic N) is 2. The predicted octanol–water partition coefficient (Wildman–Crippen LogP) is 1.66. The third kappa shape index (κ3) is 5.80. The second-order valence-corrected chi connectivity index (χ2v) is 8.34. The number of nitrogens with one attached hydrogen (secondary N) is 2. The van der Waals surface area contributed by atoms with Crippen molar-refractivity contribution in [1.82, 2.24) is 15.6 Å². The summed E-state index contributed by atoms with van der Waals surface area (Å²) >= 11 is 1.66. The highest BCUT2D eigenvalue weighted by molar-refractivity contribution is 7.89. The van der Waals surface area contributed by atoms with Gasteiger partial charge in [-0.05, 0) is 38.5 Å². The molecule has 0 saturated carbocycles. The predicted molar refractivity (Wildman–Crippen MR) is 101 cm³/mol. The van der Waals surface area contributed by atoms with Crippen LogP contribution in [0.15, 0.2) is 34.2 Å². The largest absolute Gasteiger partial charge is 0.357 e. The van der Waals surface area contributed by atoms with Crippen LogP contribution in [0.4, 0.5) is 0 Å². The van der Waals surface area contributed by atoms with Gasteiger partial charge in [-0.1, -0.05) is 12.1 Å². The third-order valence-electron chi connectivity index (χ3n) is 3.47. The second-order valence-electron chi connectivity index (χ2n) is 5.49. The number of aryl methyl sites for hydroxylation is 2. The molecule has 0 unspecified atom stereocenters. The quantitative estimate of drug-likeness (QED) is 0.521. The van der Waals surface area contributed by atoms with Crippen LogP contribution < -0.4 is 15.8 Å². The molecule has 0 fully saturated rings. The van der Waals surface area contributed by atoms with E-state index in [0.29, 0.717) is 19.0 Å². The minimum absolute atomic E-state index is 0.0897. The van der Waals surface area contributed by atoms with E-state index in [1.807, 2.05) is 26.8 Å². The van der Waals surface area contributed by atoms with E-state index < -0.39 is 10.0 Å². The van der Waals surface area contributed by atoms with E-state index in [1.54, 1.807) is 17.4 Å². The van der Waals surface area contributed by atoms with Gasteiger partial charge in [-0.25, -0.2) is 23.5 Å². The normalized spacial score (nSPS) is 12.2. The van der Waals surface area contributed by atoms with Gasteiger partial charge in [-0.2, -0.15) is 0 Å². The van der Waals surface area contributed by atoms with Gasteiger partial charge in [0.25, 0.3) is 0 Å². The SMILES string of the molecule is CCNC(=NCc1cccc(S(N)(=O)=O)c1)NCc1nc(C)c(C)s1. The fraction of sp³-hybridized carbons (Fsp3) is 0.375. The summed E-state index contributed by atoms with van der Waals surface area (Å²) in [5.74, 6) is 0.647. The Labute approximate surface area is 152 Å². The van der Waals surface area contributed by atoms with Crippen LogP contribution in [0.3, 0.4) is 0 Å². The second kappa shape index (κ2) is 8.41. The highest BCUT2D eigenvalue weighted by Gasteiger charge is 2.08. The molecule has 0 aliphatic carbocycles. The molecule has 136 valence electrons. The van der Waals surface area contributed by atoms with Crippen molar-refractivity contribution in [2.24, 2.45) is 10.1 Å². The molecule has 0 aliphatic rings. The van der Waals surface area contributed by atoms with Crippen molar-refractivity contribution in [2.45, 2.75) is 38.8 Å². The van der Waals surface area contributed by atoms with Gasteiger partial charge in [0.2, 0.25) is 10.0 Å². The van der Waals surface area contributed by atoms with Crippen molar-refractivity contribution in [3.63, 3.8) is 0 Å². The summed E-state index contributed by atoms with van der Waals surface area (Å²) in [5, 5.41) is 12.6. The lowest BCUT2D eigenvalue weighted by Gasteiger charge is -2.10. The Morgan fingerprint density at radius 3 is 2.68 bits per heavy atom. The van der Waals surface area contributed by atoms with Crippen molar-refractivity contribution in [2.75, 3.05) is 6.54 Å². The zero-order valence-electron chi connectivity index (χ0n) is 14.5. The summed E-state index contributed by atoms with van der Waals surface area (Å²) < 4.78 is 22.9. The Hall–Kier alpha value is -1.97. The van der Waals surface area contributed by atoms with Crippen LogP contribution >= 0.6 is 11.3 Å². The molecule has 0 amide bonds. The number of guanidine groups is 1. The summed E-state index contributed by atoms with van der Waals surface area (Å²) in [7, 11) is -3.71. The molecule has 0 bridgehead atoms. The van der Waals surface area contributed by atoms with Gasteiger partial charge in [-0.15, -0.1) is 11.3 Å². The van der Waals surface area contributed by atoms with Crippen molar-refractivity contribution in [3.05, 3.63) is 45.4 Å². The molecule has 0 atom stereocenters. The lowest BCUT2D eigenvalue weighted by molar-refractivity contribution is 0.597. The van der Waals surface area contributed by atoms with Gasteiger partial charge in [0.15, 0.2) is 5.96 Å². The Morgan fingerprint density at radius 2 is 2.08 bits per heavy atom. The number of benzene rings is 1. The molecule has 9 heteroatoms. The van der Waals surface area contributed by atoms with Crippen molar-refractivity contribution in [3.8, 4) is 0 Å². The summed E-state index contributed by atoms with van der Waals surface area (Å²) in [6, 6.07) is 6.48. The van der Waals surface area contributed by atoms with Crippen molar-refractivity contribution < 1.29 is 8.42 Å². The Balaban J connectivity index is 2.06. The third-order valence-corrected chi connectivity index (χ3v) is 5.45. The van der Waals surface area contributed by atoms with Gasteiger partial charge < -0.3 is 10.6 Å². The number of thiazole rings is 1. The fourth-order valence-electron chi connectivity index (χ4n) is 2.11. The van der Waals surface area contributed by atoms with E-state index in [0.717, 1.165) is 22.8 Å². The highest BCUT2D eigenvalue weighted by Crippen LogP contribution is 2.16. The standard InChI is InChI=1S/C16H23N5O2S2/c1-4-18-16(20-10-15-21-11(2)12(3)24-15)19-9-13-6-5-7-14(8-13)25(17,22)23/h5-8H,4,9-10H2,1-3H3,(H2,17,22,23)(H2,18,19,20). The fourth-order valence-corrected chi connectivity index (χ4v) is 3.56. The maximum absolute atomic E-state index is 11.4. The van der Waals surface area contributed by atoms with E-state index in [-0.39, 0.29) is 4.90 Å². The molecule has 0 spiro atoms. The number of primary sulfonamides is 1. The van der Waals surface area contributed by atoms with E-state index in [4.69, 9.17) is 5.14 Å². The summed E-state index contributed by atoms with van der Waals surface area (Å²) in [6.07, 6.45) is 0. The average Bonchev–Trinajstić information content (AvgIpc) is 2.88. The number of hydrogen-bond acceptors (Lipinski definition) is 5. The zero-order chi connectivity index (χ0) is 18.4. The number of aliphatic imine (C=N–C) groups is 1. The molecule has 2 rings (SSSR count). The van der Waals surface area contributed by atoms with E-state index in [1.165, 1.54) is 17.0 Å². The molecule has 25 heavy (non-hydrogen) atoms.